The normalized spacial score (nSPS) is 11.6. The SMILES string of the molecule is COc1ccc([N+](=O)[O-])cc1NC(=O)C(C)OC(=O)c1ccc2nc(C)c(C)nc2c1. The maximum absolute atomic E-state index is 12.5. The first-order chi connectivity index (χ1) is 14.7. The van der Waals surface area contributed by atoms with E-state index in [4.69, 9.17) is 9.47 Å². The number of ether oxygens (including phenoxy) is 2. The molecule has 0 spiro atoms. The number of fused-ring (bicyclic) bond motifs is 1. The molecule has 31 heavy (non-hydrogen) atoms. The van der Waals surface area contributed by atoms with Gasteiger partial charge in [-0.1, -0.05) is 0 Å². The van der Waals surface area contributed by atoms with Gasteiger partial charge in [0.15, 0.2) is 6.10 Å². The third kappa shape index (κ3) is 4.74. The van der Waals surface area contributed by atoms with Crippen molar-refractivity contribution in [3.63, 3.8) is 0 Å². The van der Waals surface area contributed by atoms with Gasteiger partial charge in [0.05, 0.1) is 45.7 Å². The molecule has 160 valence electrons. The summed E-state index contributed by atoms with van der Waals surface area (Å²) in [5.41, 5.74) is 2.82. The Morgan fingerprint density at radius 1 is 1.06 bits per heavy atom. The lowest BCUT2D eigenvalue weighted by atomic mass is 10.2. The van der Waals surface area contributed by atoms with Crippen LogP contribution in [-0.4, -0.2) is 40.0 Å². The number of hydrogen-bond acceptors (Lipinski definition) is 8. The zero-order valence-electron chi connectivity index (χ0n) is 17.3. The minimum absolute atomic E-state index is 0.0939. The second-order valence-electron chi connectivity index (χ2n) is 6.78. The summed E-state index contributed by atoms with van der Waals surface area (Å²) < 4.78 is 10.4. The van der Waals surface area contributed by atoms with E-state index in [-0.39, 0.29) is 22.7 Å². The second-order valence-corrected chi connectivity index (χ2v) is 6.78. The maximum atomic E-state index is 12.5. The number of amides is 1. The molecule has 0 fully saturated rings. The van der Waals surface area contributed by atoms with Crippen molar-refractivity contribution in [1.29, 1.82) is 0 Å². The number of anilines is 1. The zero-order valence-corrected chi connectivity index (χ0v) is 17.3. The highest BCUT2D eigenvalue weighted by molar-refractivity contribution is 5.99. The number of non-ortho nitro benzene ring substituents is 1. The van der Waals surface area contributed by atoms with Gasteiger partial charge >= 0.3 is 5.97 Å². The highest BCUT2D eigenvalue weighted by atomic mass is 16.6. The molecule has 3 rings (SSSR count). The van der Waals surface area contributed by atoms with E-state index < -0.39 is 22.9 Å². The molecule has 10 heteroatoms. The van der Waals surface area contributed by atoms with Crippen LogP contribution in [-0.2, 0) is 9.53 Å². The molecule has 0 aliphatic carbocycles. The predicted molar refractivity (Wildman–Crippen MR) is 112 cm³/mol. The maximum Gasteiger partial charge on any atom is 0.338 e. The van der Waals surface area contributed by atoms with Crippen LogP contribution < -0.4 is 10.1 Å². The highest BCUT2D eigenvalue weighted by Gasteiger charge is 2.22. The molecule has 0 bridgehead atoms. The average Bonchev–Trinajstić information content (AvgIpc) is 2.73. The van der Waals surface area contributed by atoms with Crippen molar-refractivity contribution in [2.75, 3.05) is 12.4 Å². The number of benzene rings is 2. The standard InChI is InChI=1S/C21H20N4O6/c1-11-12(2)23-17-9-14(5-7-16(17)22-11)21(27)31-13(3)20(26)24-18-10-15(25(28)29)6-8-19(18)30-4/h5-10,13H,1-4H3,(H,24,26). The molecule has 0 saturated heterocycles. The summed E-state index contributed by atoms with van der Waals surface area (Å²) in [4.78, 5) is 44.2. The first-order valence-electron chi connectivity index (χ1n) is 9.29. The molecule has 1 aromatic heterocycles. The molecule has 1 atom stereocenters. The van der Waals surface area contributed by atoms with E-state index >= 15 is 0 Å². The molecule has 1 amide bonds. The van der Waals surface area contributed by atoms with Crippen LogP contribution in [0.3, 0.4) is 0 Å². The second kappa shape index (κ2) is 8.74. The smallest absolute Gasteiger partial charge is 0.338 e. The summed E-state index contributed by atoms with van der Waals surface area (Å²) >= 11 is 0. The van der Waals surface area contributed by atoms with Gasteiger partial charge in [0, 0.05) is 12.1 Å². The van der Waals surface area contributed by atoms with Gasteiger partial charge in [-0.3, -0.25) is 14.9 Å². The molecule has 1 unspecified atom stereocenters. The van der Waals surface area contributed by atoms with Crippen molar-refractivity contribution in [3.05, 3.63) is 63.5 Å². The van der Waals surface area contributed by atoms with Gasteiger partial charge in [0.25, 0.3) is 11.6 Å². The number of carbonyl (C=O) groups is 2. The zero-order chi connectivity index (χ0) is 22.7. The molecule has 0 aliphatic rings. The summed E-state index contributed by atoms with van der Waals surface area (Å²) in [5, 5.41) is 13.5. The van der Waals surface area contributed by atoms with E-state index in [1.54, 1.807) is 18.2 Å². The highest BCUT2D eigenvalue weighted by Crippen LogP contribution is 2.29. The van der Waals surface area contributed by atoms with Crippen molar-refractivity contribution >= 4 is 34.3 Å². The van der Waals surface area contributed by atoms with Gasteiger partial charge in [-0.2, -0.15) is 0 Å². The molecule has 1 N–H and O–H groups in total. The molecule has 0 radical (unpaired) electrons. The van der Waals surface area contributed by atoms with Crippen LogP contribution >= 0.6 is 0 Å². The van der Waals surface area contributed by atoms with Crippen molar-refractivity contribution in [2.24, 2.45) is 0 Å². The van der Waals surface area contributed by atoms with E-state index in [9.17, 15) is 19.7 Å². The monoisotopic (exact) mass is 424 g/mol. The van der Waals surface area contributed by atoms with Gasteiger partial charge in [-0.05, 0) is 45.0 Å². The Morgan fingerprint density at radius 2 is 1.74 bits per heavy atom. The summed E-state index contributed by atoms with van der Waals surface area (Å²) in [5.74, 6) is -1.15. The van der Waals surface area contributed by atoms with E-state index in [0.717, 1.165) is 17.5 Å². The van der Waals surface area contributed by atoms with Gasteiger partial charge in [0.1, 0.15) is 5.75 Å². The largest absolute Gasteiger partial charge is 0.495 e. The number of nitro groups is 1. The number of nitrogens with zero attached hydrogens (tertiary/aromatic N) is 3. The first kappa shape index (κ1) is 21.6. The fourth-order valence-corrected chi connectivity index (χ4v) is 2.78. The lowest BCUT2D eigenvalue weighted by Gasteiger charge is -2.15. The van der Waals surface area contributed by atoms with Crippen LogP contribution in [0.15, 0.2) is 36.4 Å². The Kier molecular flexibility index (Phi) is 6.10. The van der Waals surface area contributed by atoms with E-state index in [2.05, 4.69) is 15.3 Å². The number of esters is 1. The number of carbonyl (C=O) groups excluding carboxylic acids is 2. The van der Waals surface area contributed by atoms with Crippen LogP contribution in [0.2, 0.25) is 0 Å². The minimum Gasteiger partial charge on any atom is -0.495 e. The molecule has 2 aromatic carbocycles. The van der Waals surface area contributed by atoms with Crippen LogP contribution in [0.25, 0.3) is 11.0 Å². The predicted octanol–water partition coefficient (Wildman–Crippen LogP) is 3.35. The number of methoxy groups -OCH3 is 1. The first-order valence-corrected chi connectivity index (χ1v) is 9.29. The lowest BCUT2D eigenvalue weighted by Crippen LogP contribution is -2.30. The Morgan fingerprint density at radius 3 is 2.39 bits per heavy atom. The number of hydrogen-bond donors (Lipinski definition) is 1. The third-order valence-electron chi connectivity index (χ3n) is 4.62. The number of rotatable bonds is 6. The molecule has 3 aromatic rings. The third-order valence-corrected chi connectivity index (χ3v) is 4.62. The van der Waals surface area contributed by atoms with Gasteiger partial charge in [-0.15, -0.1) is 0 Å². The lowest BCUT2D eigenvalue weighted by molar-refractivity contribution is -0.384. The number of aryl methyl sites for hydroxylation is 2. The molecule has 0 aliphatic heterocycles. The van der Waals surface area contributed by atoms with Crippen LogP contribution in [0.1, 0.15) is 28.7 Å². The summed E-state index contributed by atoms with van der Waals surface area (Å²) in [7, 11) is 1.37. The summed E-state index contributed by atoms with van der Waals surface area (Å²) in [6.45, 7) is 5.06. The van der Waals surface area contributed by atoms with Gasteiger partial charge < -0.3 is 14.8 Å². The molecule has 0 saturated carbocycles. The number of aromatic nitrogens is 2. The van der Waals surface area contributed by atoms with Crippen molar-refractivity contribution in [3.8, 4) is 5.75 Å². The van der Waals surface area contributed by atoms with E-state index in [1.165, 1.54) is 26.2 Å². The van der Waals surface area contributed by atoms with E-state index in [0.29, 0.717) is 11.0 Å². The van der Waals surface area contributed by atoms with Crippen molar-refractivity contribution < 1.29 is 24.0 Å². The summed E-state index contributed by atoms with van der Waals surface area (Å²) in [6.07, 6.45) is -1.17. The Hall–Kier alpha value is -4.08. The van der Waals surface area contributed by atoms with Gasteiger partial charge in [0.2, 0.25) is 0 Å². The van der Waals surface area contributed by atoms with Crippen LogP contribution in [0.5, 0.6) is 5.75 Å². The number of nitrogens with one attached hydrogen (secondary N) is 1. The molecular weight excluding hydrogens is 404 g/mol. The topological polar surface area (TPSA) is 134 Å². The average molecular weight is 424 g/mol. The quantitative estimate of drug-likeness (QED) is 0.362. The fraction of sp³-hybridized carbons (Fsp3) is 0.238. The summed E-state index contributed by atoms with van der Waals surface area (Å²) in [6, 6.07) is 8.53. The Bertz CT molecular complexity index is 1190. The van der Waals surface area contributed by atoms with Gasteiger partial charge in [-0.25, -0.2) is 14.8 Å². The minimum atomic E-state index is -1.17. The van der Waals surface area contributed by atoms with Crippen molar-refractivity contribution in [2.45, 2.75) is 26.9 Å². The van der Waals surface area contributed by atoms with Crippen LogP contribution in [0, 0.1) is 24.0 Å². The van der Waals surface area contributed by atoms with E-state index in [1.807, 2.05) is 13.8 Å². The molecule has 10 nitrogen and oxygen atoms in total. The van der Waals surface area contributed by atoms with Crippen LogP contribution in [0.4, 0.5) is 11.4 Å². The molecular formula is C21H20N4O6. The Labute approximate surface area is 177 Å². The fourth-order valence-electron chi connectivity index (χ4n) is 2.78. The van der Waals surface area contributed by atoms with Crippen molar-refractivity contribution in [1.82, 2.24) is 9.97 Å². The molecule has 1 heterocycles. The number of nitro benzene ring substituents is 1. The Balaban J connectivity index is 1.74.